The Morgan fingerprint density at radius 1 is 1.39 bits per heavy atom. The predicted octanol–water partition coefficient (Wildman–Crippen LogP) is 1.68. The number of rotatable bonds is 4. The van der Waals surface area contributed by atoms with Gasteiger partial charge in [0.1, 0.15) is 6.33 Å². The zero-order valence-corrected chi connectivity index (χ0v) is 13.2. The second kappa shape index (κ2) is 7.23. The van der Waals surface area contributed by atoms with Gasteiger partial charge in [-0.25, -0.2) is 9.48 Å². The summed E-state index contributed by atoms with van der Waals surface area (Å²) in [4.78, 5) is 18.1. The van der Waals surface area contributed by atoms with Gasteiger partial charge in [-0.3, -0.25) is 5.32 Å². The Morgan fingerprint density at radius 2 is 2.22 bits per heavy atom. The number of anilines is 1. The lowest BCUT2D eigenvalue weighted by Gasteiger charge is -2.32. The van der Waals surface area contributed by atoms with Crippen molar-refractivity contribution in [3.05, 3.63) is 42.2 Å². The van der Waals surface area contributed by atoms with Crippen molar-refractivity contribution < 1.29 is 9.53 Å². The zero-order chi connectivity index (χ0) is 16.1. The van der Waals surface area contributed by atoms with Crippen LogP contribution in [0.4, 0.5) is 10.7 Å². The summed E-state index contributed by atoms with van der Waals surface area (Å²) >= 11 is 0. The topological polar surface area (TPSA) is 72.3 Å². The molecule has 122 valence electrons. The van der Waals surface area contributed by atoms with Gasteiger partial charge in [-0.1, -0.05) is 30.3 Å². The highest BCUT2D eigenvalue weighted by molar-refractivity contribution is 5.87. The summed E-state index contributed by atoms with van der Waals surface area (Å²) < 4.78 is 7.32. The van der Waals surface area contributed by atoms with Crippen LogP contribution in [0.15, 0.2) is 36.7 Å². The molecule has 1 aliphatic rings. The van der Waals surface area contributed by atoms with E-state index in [1.165, 1.54) is 16.6 Å². The summed E-state index contributed by atoms with van der Waals surface area (Å²) in [6, 6.07) is 10.2. The maximum absolute atomic E-state index is 12.3. The van der Waals surface area contributed by atoms with Crippen molar-refractivity contribution in [2.75, 3.05) is 25.0 Å². The van der Waals surface area contributed by atoms with E-state index in [0.717, 1.165) is 12.8 Å². The van der Waals surface area contributed by atoms with Gasteiger partial charge in [0.25, 0.3) is 0 Å². The number of nitrogens with one attached hydrogen (secondary N) is 1. The Morgan fingerprint density at radius 3 is 2.96 bits per heavy atom. The van der Waals surface area contributed by atoms with Gasteiger partial charge in [-0.2, -0.15) is 10.1 Å². The Labute approximate surface area is 135 Å². The van der Waals surface area contributed by atoms with Crippen molar-refractivity contribution in [3.8, 4) is 0 Å². The fourth-order valence-electron chi connectivity index (χ4n) is 2.63. The van der Waals surface area contributed by atoms with Gasteiger partial charge in [0.15, 0.2) is 0 Å². The van der Waals surface area contributed by atoms with Crippen LogP contribution >= 0.6 is 0 Å². The highest BCUT2D eigenvalue weighted by Crippen LogP contribution is 2.13. The molecular weight excluding hydrogens is 294 g/mol. The number of morpholine rings is 1. The van der Waals surface area contributed by atoms with Gasteiger partial charge in [0, 0.05) is 20.1 Å². The van der Waals surface area contributed by atoms with E-state index >= 15 is 0 Å². The molecule has 1 aliphatic heterocycles. The number of aryl methyl sites for hydroxylation is 2. The molecule has 1 saturated heterocycles. The maximum Gasteiger partial charge on any atom is 0.324 e. The van der Waals surface area contributed by atoms with Crippen molar-refractivity contribution in [3.63, 3.8) is 0 Å². The summed E-state index contributed by atoms with van der Waals surface area (Å²) in [5, 5.41) is 6.72. The highest BCUT2D eigenvalue weighted by Gasteiger charge is 2.24. The number of benzene rings is 1. The molecule has 0 saturated carbocycles. The fraction of sp³-hybridized carbons (Fsp3) is 0.438. The molecule has 7 nitrogen and oxygen atoms in total. The number of carbonyl (C=O) groups excluding carboxylic acids is 1. The molecule has 0 aliphatic carbocycles. The summed E-state index contributed by atoms with van der Waals surface area (Å²) in [6.45, 7) is 1.74. The Kier molecular flexibility index (Phi) is 4.87. The lowest BCUT2D eigenvalue weighted by atomic mass is 10.1. The molecule has 23 heavy (non-hydrogen) atoms. The Balaban J connectivity index is 1.51. The molecule has 1 atom stereocenters. The van der Waals surface area contributed by atoms with Crippen LogP contribution in [0.3, 0.4) is 0 Å². The van der Waals surface area contributed by atoms with Gasteiger partial charge in [0.2, 0.25) is 5.95 Å². The minimum atomic E-state index is -0.158. The van der Waals surface area contributed by atoms with Gasteiger partial charge in [0.05, 0.1) is 12.7 Å². The van der Waals surface area contributed by atoms with Crippen LogP contribution in [0.1, 0.15) is 12.0 Å². The summed E-state index contributed by atoms with van der Waals surface area (Å²) in [7, 11) is 1.74. The van der Waals surface area contributed by atoms with Crippen LogP contribution in [-0.4, -0.2) is 51.5 Å². The standard InChI is InChI=1S/C16H21N5O2/c1-20-15(17-12-18-20)19-16(22)21-9-10-23-14(11-21)8-7-13-5-3-2-4-6-13/h2-6,12,14H,7-11H2,1H3,(H,17,18,19,22). The number of hydrogen-bond donors (Lipinski definition) is 1. The van der Waals surface area contributed by atoms with Crippen molar-refractivity contribution in [2.24, 2.45) is 7.05 Å². The summed E-state index contributed by atoms with van der Waals surface area (Å²) in [6.07, 6.45) is 3.33. The van der Waals surface area contributed by atoms with Gasteiger partial charge in [-0.05, 0) is 18.4 Å². The number of ether oxygens (including phenoxy) is 1. The number of amides is 2. The zero-order valence-electron chi connectivity index (χ0n) is 13.2. The van der Waals surface area contributed by atoms with Crippen molar-refractivity contribution in [2.45, 2.75) is 18.9 Å². The second-order valence-corrected chi connectivity index (χ2v) is 5.60. The van der Waals surface area contributed by atoms with E-state index in [9.17, 15) is 4.79 Å². The first-order valence-electron chi connectivity index (χ1n) is 7.78. The molecule has 0 spiro atoms. The minimum Gasteiger partial charge on any atom is -0.375 e. The lowest BCUT2D eigenvalue weighted by Crippen LogP contribution is -2.47. The van der Waals surface area contributed by atoms with Gasteiger partial charge >= 0.3 is 6.03 Å². The average Bonchev–Trinajstić information content (AvgIpc) is 2.99. The molecule has 2 amide bonds. The molecule has 2 heterocycles. The van der Waals surface area contributed by atoms with Gasteiger partial charge < -0.3 is 9.64 Å². The van der Waals surface area contributed by atoms with E-state index in [1.54, 1.807) is 11.9 Å². The number of hydrogen-bond acceptors (Lipinski definition) is 4. The molecule has 7 heteroatoms. The highest BCUT2D eigenvalue weighted by atomic mass is 16.5. The first-order chi connectivity index (χ1) is 11.2. The third kappa shape index (κ3) is 4.07. The maximum atomic E-state index is 12.3. The Hall–Kier alpha value is -2.41. The van der Waals surface area contributed by atoms with E-state index < -0.39 is 0 Å². The molecular formula is C16H21N5O2. The van der Waals surface area contributed by atoms with Crippen molar-refractivity contribution in [1.29, 1.82) is 0 Å². The largest absolute Gasteiger partial charge is 0.375 e. The van der Waals surface area contributed by atoms with E-state index in [2.05, 4.69) is 27.5 Å². The predicted molar refractivity (Wildman–Crippen MR) is 86.1 cm³/mol. The van der Waals surface area contributed by atoms with Crippen LogP contribution in [-0.2, 0) is 18.2 Å². The van der Waals surface area contributed by atoms with Crippen molar-refractivity contribution in [1.82, 2.24) is 19.7 Å². The number of aromatic nitrogens is 3. The van der Waals surface area contributed by atoms with Gasteiger partial charge in [-0.15, -0.1) is 0 Å². The third-order valence-electron chi connectivity index (χ3n) is 3.95. The van der Waals surface area contributed by atoms with Crippen LogP contribution in [0, 0.1) is 0 Å². The van der Waals surface area contributed by atoms with Crippen LogP contribution in [0.2, 0.25) is 0 Å². The number of urea groups is 1. The second-order valence-electron chi connectivity index (χ2n) is 5.60. The molecule has 1 unspecified atom stereocenters. The molecule has 1 fully saturated rings. The summed E-state index contributed by atoms with van der Waals surface area (Å²) in [5.74, 6) is 0.447. The number of nitrogens with zero attached hydrogens (tertiary/aromatic N) is 4. The van der Waals surface area contributed by atoms with Crippen LogP contribution in [0.25, 0.3) is 0 Å². The minimum absolute atomic E-state index is 0.0641. The monoisotopic (exact) mass is 315 g/mol. The van der Waals surface area contributed by atoms with E-state index in [4.69, 9.17) is 4.74 Å². The molecule has 0 radical (unpaired) electrons. The van der Waals surface area contributed by atoms with E-state index in [1.807, 2.05) is 18.2 Å². The summed E-state index contributed by atoms with van der Waals surface area (Å²) in [5.41, 5.74) is 1.29. The van der Waals surface area contributed by atoms with E-state index in [0.29, 0.717) is 25.6 Å². The third-order valence-corrected chi connectivity index (χ3v) is 3.95. The fourth-order valence-corrected chi connectivity index (χ4v) is 2.63. The van der Waals surface area contributed by atoms with Crippen molar-refractivity contribution >= 4 is 12.0 Å². The van der Waals surface area contributed by atoms with E-state index in [-0.39, 0.29) is 12.1 Å². The molecule has 1 aromatic heterocycles. The Bertz CT molecular complexity index is 643. The molecule has 0 bridgehead atoms. The lowest BCUT2D eigenvalue weighted by molar-refractivity contribution is -0.0158. The van der Waals surface area contributed by atoms with Crippen LogP contribution in [0.5, 0.6) is 0 Å². The first kappa shape index (κ1) is 15.5. The number of carbonyl (C=O) groups is 1. The molecule has 1 N–H and O–H groups in total. The average molecular weight is 315 g/mol. The molecule has 1 aromatic carbocycles. The SMILES string of the molecule is Cn1ncnc1NC(=O)N1CCOC(CCc2ccccc2)C1. The smallest absolute Gasteiger partial charge is 0.324 e. The normalized spacial score (nSPS) is 18.0. The van der Waals surface area contributed by atoms with Crippen LogP contribution < -0.4 is 5.32 Å². The molecule has 3 rings (SSSR count). The first-order valence-corrected chi connectivity index (χ1v) is 7.78. The molecule has 2 aromatic rings. The quantitative estimate of drug-likeness (QED) is 0.932.